The minimum absolute atomic E-state index is 0.237. The van der Waals surface area contributed by atoms with Crippen LogP contribution >= 0.6 is 0 Å². The number of hydrogen-bond donors (Lipinski definition) is 2. The van der Waals surface area contributed by atoms with Gasteiger partial charge in [0.2, 0.25) is 5.91 Å². The number of carboxylic acids is 1. The highest BCUT2D eigenvalue weighted by atomic mass is 16.4. The third-order valence-corrected chi connectivity index (χ3v) is 7.02. The Morgan fingerprint density at radius 3 is 1.92 bits per heavy atom. The van der Waals surface area contributed by atoms with E-state index in [0.29, 0.717) is 11.1 Å². The summed E-state index contributed by atoms with van der Waals surface area (Å²) < 4.78 is 0. The van der Waals surface area contributed by atoms with Gasteiger partial charge in [-0.25, -0.2) is 0 Å². The second-order valence-corrected chi connectivity index (χ2v) is 9.32. The van der Waals surface area contributed by atoms with Crippen LogP contribution in [-0.2, 0) is 15.0 Å². The molecule has 4 saturated carbocycles. The van der Waals surface area contributed by atoms with Gasteiger partial charge < -0.3 is 10.4 Å². The lowest BCUT2D eigenvalue weighted by molar-refractivity contribution is -0.147. The van der Waals surface area contributed by atoms with Crippen LogP contribution in [0.5, 0.6) is 0 Å². The molecule has 26 heavy (non-hydrogen) atoms. The van der Waals surface area contributed by atoms with Gasteiger partial charge in [0.1, 0.15) is 5.92 Å². The van der Waals surface area contributed by atoms with E-state index in [0.717, 1.165) is 17.8 Å². The number of nitrogens with one attached hydrogen (secondary N) is 1. The minimum atomic E-state index is -1.07. The average Bonchev–Trinajstić information content (AvgIpc) is 2.53. The zero-order valence-electron chi connectivity index (χ0n) is 15.7. The maximum atomic E-state index is 12.3. The molecule has 0 unspecified atom stereocenters. The Hall–Kier alpha value is -1.84. The van der Waals surface area contributed by atoms with E-state index >= 15 is 0 Å². The van der Waals surface area contributed by atoms with Crippen molar-refractivity contribution in [3.05, 3.63) is 29.8 Å². The normalized spacial score (nSPS) is 33.3. The fraction of sp³-hybridized carbons (Fsp3) is 0.636. The van der Waals surface area contributed by atoms with Gasteiger partial charge in [0.25, 0.3) is 0 Å². The molecule has 4 fully saturated rings. The van der Waals surface area contributed by atoms with E-state index in [4.69, 9.17) is 0 Å². The van der Waals surface area contributed by atoms with Gasteiger partial charge in [-0.15, -0.1) is 0 Å². The molecule has 1 atom stereocenters. The number of carbonyl (C=O) groups is 2. The maximum absolute atomic E-state index is 12.3. The number of carboxylic acid groups (broad SMARTS) is 1. The molecule has 1 aromatic rings. The van der Waals surface area contributed by atoms with Crippen molar-refractivity contribution >= 4 is 17.6 Å². The van der Waals surface area contributed by atoms with Gasteiger partial charge in [-0.05, 0) is 85.3 Å². The standard InChI is InChI=1S/C22H29NO3/c1-13(2)19(21(25)26)20(24)23-18-5-3-17(4-6-18)22-10-14-7-15(11-22)9-16(8-14)12-22/h3-6,13-16,19H,7-12H2,1-2H3,(H,23,24)(H,25,26)/t14?,15?,16?,19-,22?/m0/s1. The SMILES string of the molecule is CC(C)[C@H](C(=O)O)C(=O)Nc1ccc(C23CC4CC(CC(C4)C2)C3)cc1. The van der Waals surface area contributed by atoms with E-state index in [1.54, 1.807) is 13.8 Å². The Labute approximate surface area is 155 Å². The van der Waals surface area contributed by atoms with Crippen molar-refractivity contribution in [1.29, 1.82) is 0 Å². The molecule has 0 spiro atoms. The predicted octanol–water partition coefficient (Wildman–Crippen LogP) is 4.45. The van der Waals surface area contributed by atoms with Crippen molar-refractivity contribution in [2.45, 2.75) is 57.8 Å². The fourth-order valence-corrected chi connectivity index (χ4v) is 6.29. The molecular weight excluding hydrogens is 326 g/mol. The van der Waals surface area contributed by atoms with Crippen molar-refractivity contribution in [3.63, 3.8) is 0 Å². The van der Waals surface area contributed by atoms with Gasteiger partial charge in [0.05, 0.1) is 0 Å². The summed E-state index contributed by atoms with van der Waals surface area (Å²) in [5.41, 5.74) is 2.45. The van der Waals surface area contributed by atoms with E-state index < -0.39 is 17.8 Å². The number of anilines is 1. The molecule has 4 aliphatic carbocycles. The Kier molecular flexibility index (Phi) is 4.32. The van der Waals surface area contributed by atoms with Gasteiger partial charge in [-0.1, -0.05) is 26.0 Å². The van der Waals surface area contributed by atoms with Gasteiger partial charge >= 0.3 is 5.97 Å². The lowest BCUT2D eigenvalue weighted by atomic mass is 9.48. The number of carbonyl (C=O) groups excluding carboxylic acids is 1. The lowest BCUT2D eigenvalue weighted by Crippen LogP contribution is -2.48. The van der Waals surface area contributed by atoms with Crippen LogP contribution in [0.4, 0.5) is 5.69 Å². The monoisotopic (exact) mass is 355 g/mol. The Balaban J connectivity index is 1.49. The summed E-state index contributed by atoms with van der Waals surface area (Å²) in [6, 6.07) is 8.22. The van der Waals surface area contributed by atoms with Gasteiger partial charge in [-0.2, -0.15) is 0 Å². The molecule has 0 saturated heterocycles. The van der Waals surface area contributed by atoms with Crippen LogP contribution in [0.15, 0.2) is 24.3 Å². The largest absolute Gasteiger partial charge is 0.481 e. The number of amides is 1. The highest BCUT2D eigenvalue weighted by molar-refractivity contribution is 6.04. The summed E-state index contributed by atoms with van der Waals surface area (Å²) in [6.45, 7) is 3.52. The Morgan fingerprint density at radius 1 is 1.00 bits per heavy atom. The summed E-state index contributed by atoms with van der Waals surface area (Å²) in [5.74, 6) is -0.0386. The third-order valence-electron chi connectivity index (χ3n) is 7.02. The van der Waals surface area contributed by atoms with E-state index in [2.05, 4.69) is 17.4 Å². The van der Waals surface area contributed by atoms with Crippen LogP contribution in [0.2, 0.25) is 0 Å². The molecule has 1 amide bonds. The predicted molar refractivity (Wildman–Crippen MR) is 101 cm³/mol. The molecule has 140 valence electrons. The zero-order chi connectivity index (χ0) is 18.5. The number of benzene rings is 1. The van der Waals surface area contributed by atoms with Gasteiger partial charge in [0, 0.05) is 5.69 Å². The van der Waals surface area contributed by atoms with Crippen LogP contribution in [0.3, 0.4) is 0 Å². The van der Waals surface area contributed by atoms with Crippen molar-refractivity contribution in [3.8, 4) is 0 Å². The molecule has 5 rings (SSSR count). The first-order chi connectivity index (χ1) is 12.4. The van der Waals surface area contributed by atoms with Crippen LogP contribution in [0.1, 0.15) is 57.9 Å². The molecule has 4 nitrogen and oxygen atoms in total. The minimum Gasteiger partial charge on any atom is -0.481 e. The van der Waals surface area contributed by atoms with Crippen molar-refractivity contribution in [1.82, 2.24) is 0 Å². The quantitative estimate of drug-likeness (QED) is 0.767. The fourth-order valence-electron chi connectivity index (χ4n) is 6.29. The maximum Gasteiger partial charge on any atom is 0.316 e. The van der Waals surface area contributed by atoms with Crippen molar-refractivity contribution in [2.24, 2.45) is 29.6 Å². The van der Waals surface area contributed by atoms with Crippen LogP contribution in [0.25, 0.3) is 0 Å². The first-order valence-corrected chi connectivity index (χ1v) is 10.0. The van der Waals surface area contributed by atoms with Gasteiger partial charge in [-0.3, -0.25) is 9.59 Å². The first kappa shape index (κ1) is 17.6. The van der Waals surface area contributed by atoms with Crippen LogP contribution in [-0.4, -0.2) is 17.0 Å². The smallest absolute Gasteiger partial charge is 0.316 e. The Bertz CT molecular complexity index is 671. The number of hydrogen-bond acceptors (Lipinski definition) is 2. The third kappa shape index (κ3) is 3.04. The number of rotatable bonds is 5. The number of aliphatic carboxylic acids is 1. The molecule has 4 bridgehead atoms. The summed E-state index contributed by atoms with van der Waals surface area (Å²) in [4.78, 5) is 23.6. The summed E-state index contributed by atoms with van der Waals surface area (Å²) >= 11 is 0. The summed E-state index contributed by atoms with van der Waals surface area (Å²) in [6.07, 6.45) is 8.24. The average molecular weight is 355 g/mol. The molecule has 4 heteroatoms. The highest BCUT2D eigenvalue weighted by Gasteiger charge is 2.51. The molecule has 2 N–H and O–H groups in total. The topological polar surface area (TPSA) is 66.4 Å². The molecule has 0 radical (unpaired) electrons. The van der Waals surface area contributed by atoms with Crippen LogP contribution in [0, 0.1) is 29.6 Å². The van der Waals surface area contributed by atoms with E-state index in [1.165, 1.54) is 44.1 Å². The second kappa shape index (κ2) is 6.40. The van der Waals surface area contributed by atoms with E-state index in [-0.39, 0.29) is 5.92 Å². The highest BCUT2D eigenvalue weighted by Crippen LogP contribution is 2.60. The first-order valence-electron chi connectivity index (χ1n) is 10.0. The summed E-state index contributed by atoms with van der Waals surface area (Å²) in [7, 11) is 0. The molecule has 4 aliphatic rings. The molecule has 0 heterocycles. The molecule has 0 aromatic heterocycles. The molecular formula is C22H29NO3. The second-order valence-electron chi connectivity index (χ2n) is 9.32. The van der Waals surface area contributed by atoms with Crippen molar-refractivity contribution < 1.29 is 14.7 Å². The lowest BCUT2D eigenvalue weighted by Gasteiger charge is -2.57. The van der Waals surface area contributed by atoms with Gasteiger partial charge in [0.15, 0.2) is 0 Å². The van der Waals surface area contributed by atoms with Crippen LogP contribution < -0.4 is 5.32 Å². The molecule has 0 aliphatic heterocycles. The van der Waals surface area contributed by atoms with Crippen molar-refractivity contribution in [2.75, 3.05) is 5.32 Å². The Morgan fingerprint density at radius 2 is 1.50 bits per heavy atom. The summed E-state index contributed by atoms with van der Waals surface area (Å²) in [5, 5.41) is 12.1. The van der Waals surface area contributed by atoms with E-state index in [9.17, 15) is 14.7 Å². The zero-order valence-corrected chi connectivity index (χ0v) is 15.7. The van der Waals surface area contributed by atoms with E-state index in [1.807, 2.05) is 12.1 Å². The molecule has 1 aromatic carbocycles.